The second-order valence-electron chi connectivity index (χ2n) is 4.82. The molecule has 1 heterocycles. The topological polar surface area (TPSA) is 55.8 Å². The zero-order valence-electron chi connectivity index (χ0n) is 13.4. The van der Waals surface area contributed by atoms with Crippen molar-refractivity contribution in [3.8, 4) is 5.75 Å². The van der Waals surface area contributed by atoms with Crippen molar-refractivity contribution in [2.45, 2.75) is 13.5 Å². The summed E-state index contributed by atoms with van der Waals surface area (Å²) in [5.41, 5.74) is 1.02. The van der Waals surface area contributed by atoms with Crippen LogP contribution in [0.2, 0.25) is 0 Å². The third-order valence-corrected chi connectivity index (χ3v) is 4.46. The Bertz CT molecular complexity index is 678. The lowest BCUT2D eigenvalue weighted by Gasteiger charge is -2.20. The van der Waals surface area contributed by atoms with E-state index in [1.54, 1.807) is 24.1 Å². The van der Waals surface area contributed by atoms with Gasteiger partial charge in [-0.25, -0.2) is 4.79 Å². The van der Waals surface area contributed by atoms with Crippen molar-refractivity contribution in [3.05, 3.63) is 51.7 Å². The van der Waals surface area contributed by atoms with Gasteiger partial charge in [0, 0.05) is 13.1 Å². The molecule has 2 rings (SSSR count). The van der Waals surface area contributed by atoms with E-state index in [1.165, 1.54) is 7.11 Å². The lowest BCUT2D eigenvalue weighted by Crippen LogP contribution is -2.29. The standard InChI is InChI=1S/C17H19NO4S/c1-4-18(11-12-5-7-13(21-2)8-6-12)16(19)14-9-10-15(23-14)17(20)22-3/h5-10H,4,11H2,1-3H3. The van der Waals surface area contributed by atoms with Gasteiger partial charge in [-0.05, 0) is 36.8 Å². The predicted octanol–water partition coefficient (Wildman–Crippen LogP) is 3.21. The number of rotatable bonds is 6. The fraction of sp³-hybridized carbons (Fsp3) is 0.294. The smallest absolute Gasteiger partial charge is 0.348 e. The van der Waals surface area contributed by atoms with Gasteiger partial charge >= 0.3 is 5.97 Å². The molecule has 0 fully saturated rings. The maximum atomic E-state index is 12.6. The van der Waals surface area contributed by atoms with E-state index in [4.69, 9.17) is 4.74 Å². The van der Waals surface area contributed by atoms with Crippen LogP contribution in [0.1, 0.15) is 31.8 Å². The van der Waals surface area contributed by atoms with E-state index in [0.29, 0.717) is 22.8 Å². The van der Waals surface area contributed by atoms with Crippen LogP contribution in [0.5, 0.6) is 5.75 Å². The van der Waals surface area contributed by atoms with Gasteiger partial charge in [0.15, 0.2) is 0 Å². The number of nitrogens with zero attached hydrogens (tertiary/aromatic N) is 1. The van der Waals surface area contributed by atoms with E-state index in [9.17, 15) is 9.59 Å². The molecule has 1 aromatic heterocycles. The second-order valence-corrected chi connectivity index (χ2v) is 5.91. The van der Waals surface area contributed by atoms with Crippen molar-refractivity contribution in [2.75, 3.05) is 20.8 Å². The molecule has 0 bridgehead atoms. The molecule has 2 aromatic rings. The average molecular weight is 333 g/mol. The molecule has 0 N–H and O–H groups in total. The Balaban J connectivity index is 2.11. The molecule has 122 valence electrons. The first-order chi connectivity index (χ1) is 11.1. The summed E-state index contributed by atoms with van der Waals surface area (Å²) in [6.45, 7) is 3.01. The molecule has 23 heavy (non-hydrogen) atoms. The molecule has 0 atom stereocenters. The Morgan fingerprint density at radius 2 is 1.70 bits per heavy atom. The summed E-state index contributed by atoms with van der Waals surface area (Å²) in [4.78, 5) is 26.8. The number of benzene rings is 1. The number of hydrogen-bond donors (Lipinski definition) is 0. The van der Waals surface area contributed by atoms with Crippen molar-refractivity contribution < 1.29 is 19.1 Å². The molecule has 0 unspecified atom stereocenters. The molecular formula is C17H19NO4S. The number of ether oxygens (including phenoxy) is 2. The van der Waals surface area contributed by atoms with Gasteiger partial charge in [-0.15, -0.1) is 11.3 Å². The quantitative estimate of drug-likeness (QED) is 0.762. The summed E-state index contributed by atoms with van der Waals surface area (Å²) < 4.78 is 9.80. The number of thiophene rings is 1. The normalized spacial score (nSPS) is 10.2. The molecular weight excluding hydrogens is 314 g/mol. The number of hydrogen-bond acceptors (Lipinski definition) is 5. The predicted molar refractivity (Wildman–Crippen MR) is 89.1 cm³/mol. The zero-order valence-corrected chi connectivity index (χ0v) is 14.2. The highest BCUT2D eigenvalue weighted by Gasteiger charge is 2.19. The van der Waals surface area contributed by atoms with Crippen LogP contribution in [0, 0.1) is 0 Å². The van der Waals surface area contributed by atoms with Crippen LogP contribution in [-0.2, 0) is 11.3 Å². The molecule has 1 aromatic carbocycles. The molecule has 0 aliphatic heterocycles. The Labute approximate surface area is 139 Å². The third kappa shape index (κ3) is 4.10. The molecule has 1 amide bonds. The highest BCUT2D eigenvalue weighted by atomic mass is 32.1. The van der Waals surface area contributed by atoms with Gasteiger partial charge in [-0.3, -0.25) is 4.79 Å². The van der Waals surface area contributed by atoms with E-state index >= 15 is 0 Å². The summed E-state index contributed by atoms with van der Waals surface area (Å²) in [5.74, 6) is 0.264. The van der Waals surface area contributed by atoms with Crippen LogP contribution in [0.15, 0.2) is 36.4 Å². The first-order valence-corrected chi connectivity index (χ1v) is 8.01. The fourth-order valence-corrected chi connectivity index (χ4v) is 2.99. The van der Waals surface area contributed by atoms with Crippen molar-refractivity contribution in [1.82, 2.24) is 4.90 Å². The SMILES string of the molecule is CCN(Cc1ccc(OC)cc1)C(=O)c1ccc(C(=O)OC)s1. The van der Waals surface area contributed by atoms with Crippen molar-refractivity contribution >= 4 is 23.2 Å². The van der Waals surface area contributed by atoms with Crippen molar-refractivity contribution in [1.29, 1.82) is 0 Å². The fourth-order valence-electron chi connectivity index (χ4n) is 2.10. The van der Waals surface area contributed by atoms with E-state index in [2.05, 4.69) is 4.74 Å². The van der Waals surface area contributed by atoms with E-state index in [1.807, 2.05) is 31.2 Å². The minimum atomic E-state index is -0.424. The molecule has 6 heteroatoms. The summed E-state index contributed by atoms with van der Waals surface area (Å²) in [6, 6.07) is 10.9. The average Bonchev–Trinajstić information content (AvgIpc) is 3.09. The van der Waals surface area contributed by atoms with Crippen molar-refractivity contribution in [3.63, 3.8) is 0 Å². The lowest BCUT2D eigenvalue weighted by atomic mass is 10.2. The molecule has 0 saturated carbocycles. The third-order valence-electron chi connectivity index (χ3n) is 3.40. The molecule has 0 saturated heterocycles. The van der Waals surface area contributed by atoms with Gasteiger partial charge in [0.1, 0.15) is 10.6 Å². The number of amides is 1. The van der Waals surface area contributed by atoms with Gasteiger partial charge in [-0.1, -0.05) is 12.1 Å². The highest BCUT2D eigenvalue weighted by Crippen LogP contribution is 2.21. The van der Waals surface area contributed by atoms with Crippen LogP contribution in [0.25, 0.3) is 0 Å². The molecule has 0 spiro atoms. The molecule has 5 nitrogen and oxygen atoms in total. The largest absolute Gasteiger partial charge is 0.497 e. The van der Waals surface area contributed by atoms with Gasteiger partial charge in [0.05, 0.1) is 19.1 Å². The van der Waals surface area contributed by atoms with Gasteiger partial charge in [0.25, 0.3) is 5.91 Å². The van der Waals surface area contributed by atoms with Crippen LogP contribution >= 0.6 is 11.3 Å². The number of esters is 1. The zero-order chi connectivity index (χ0) is 16.8. The minimum Gasteiger partial charge on any atom is -0.497 e. The second kappa shape index (κ2) is 7.78. The molecule has 0 aliphatic rings. The first-order valence-electron chi connectivity index (χ1n) is 7.19. The van der Waals surface area contributed by atoms with Crippen LogP contribution in [0.3, 0.4) is 0 Å². The van der Waals surface area contributed by atoms with Gasteiger partial charge in [0.2, 0.25) is 0 Å². The first kappa shape index (κ1) is 17.0. The van der Waals surface area contributed by atoms with E-state index in [-0.39, 0.29) is 5.91 Å². The summed E-state index contributed by atoms with van der Waals surface area (Å²) in [5, 5.41) is 0. The Kier molecular flexibility index (Phi) is 5.76. The number of carbonyl (C=O) groups is 2. The lowest BCUT2D eigenvalue weighted by molar-refractivity contribution is 0.0606. The van der Waals surface area contributed by atoms with Crippen molar-refractivity contribution in [2.24, 2.45) is 0 Å². The monoisotopic (exact) mass is 333 g/mol. The maximum absolute atomic E-state index is 12.6. The van der Waals surface area contributed by atoms with Gasteiger partial charge in [-0.2, -0.15) is 0 Å². The Morgan fingerprint density at radius 3 is 2.26 bits per heavy atom. The molecule has 0 radical (unpaired) electrons. The van der Waals surface area contributed by atoms with Crippen LogP contribution in [0.4, 0.5) is 0 Å². The Hall–Kier alpha value is -2.34. The van der Waals surface area contributed by atoms with E-state index in [0.717, 1.165) is 22.6 Å². The summed E-state index contributed by atoms with van der Waals surface area (Å²) >= 11 is 1.15. The minimum absolute atomic E-state index is 0.0940. The maximum Gasteiger partial charge on any atom is 0.348 e. The highest BCUT2D eigenvalue weighted by molar-refractivity contribution is 7.15. The van der Waals surface area contributed by atoms with Gasteiger partial charge < -0.3 is 14.4 Å². The van der Waals surface area contributed by atoms with Crippen LogP contribution in [-0.4, -0.2) is 37.5 Å². The number of methoxy groups -OCH3 is 2. The Morgan fingerprint density at radius 1 is 1.04 bits per heavy atom. The summed E-state index contributed by atoms with van der Waals surface area (Å²) in [6.07, 6.45) is 0. The number of carbonyl (C=O) groups excluding carboxylic acids is 2. The van der Waals surface area contributed by atoms with Crippen LogP contribution < -0.4 is 4.74 Å². The molecule has 0 aliphatic carbocycles. The van der Waals surface area contributed by atoms with E-state index < -0.39 is 5.97 Å². The summed E-state index contributed by atoms with van der Waals surface area (Å²) in [7, 11) is 2.94.